The number of fused-ring (bicyclic) bond motifs is 3. The van der Waals surface area contributed by atoms with Crippen LogP contribution in [0.5, 0.6) is 0 Å². The lowest BCUT2D eigenvalue weighted by Gasteiger charge is -2.38. The summed E-state index contributed by atoms with van der Waals surface area (Å²) in [5.41, 5.74) is 2.11. The highest BCUT2D eigenvalue weighted by Crippen LogP contribution is 2.46. The maximum Gasteiger partial charge on any atom is 0.407 e. The Labute approximate surface area is 112 Å². The summed E-state index contributed by atoms with van der Waals surface area (Å²) in [6.45, 7) is 1.20. The van der Waals surface area contributed by atoms with E-state index in [2.05, 4.69) is 5.32 Å². The first-order valence-electron chi connectivity index (χ1n) is 6.56. The van der Waals surface area contributed by atoms with Crippen molar-refractivity contribution in [3.63, 3.8) is 0 Å². The van der Waals surface area contributed by atoms with Crippen molar-refractivity contribution >= 4 is 11.8 Å². The lowest BCUT2D eigenvalue weighted by molar-refractivity contribution is 0.119. The molecule has 0 spiro atoms. The number of para-hydroxylation sites is 1. The normalized spacial score (nSPS) is 28.5. The smallest absolute Gasteiger partial charge is 0.407 e. The molecule has 1 amide bonds. The van der Waals surface area contributed by atoms with Gasteiger partial charge in [-0.2, -0.15) is 0 Å². The van der Waals surface area contributed by atoms with E-state index < -0.39 is 6.09 Å². The molecule has 3 atom stereocenters. The van der Waals surface area contributed by atoms with Gasteiger partial charge >= 0.3 is 6.09 Å². The third-order valence-electron chi connectivity index (χ3n) is 4.17. The third kappa shape index (κ3) is 1.94. The van der Waals surface area contributed by atoms with E-state index in [-0.39, 0.29) is 18.0 Å². The van der Waals surface area contributed by atoms with E-state index in [1.54, 1.807) is 12.0 Å². The third-order valence-corrected chi connectivity index (χ3v) is 4.17. The fraction of sp³-hybridized carbons (Fsp3) is 0.500. The van der Waals surface area contributed by atoms with Crippen LogP contribution in [-0.2, 0) is 4.74 Å². The Morgan fingerprint density at radius 3 is 3.05 bits per heavy atom. The van der Waals surface area contributed by atoms with Crippen molar-refractivity contribution < 1.29 is 14.6 Å². The molecule has 5 heteroatoms. The van der Waals surface area contributed by atoms with Crippen molar-refractivity contribution in [2.45, 2.75) is 18.5 Å². The van der Waals surface area contributed by atoms with Crippen molar-refractivity contribution in [1.82, 2.24) is 4.90 Å². The van der Waals surface area contributed by atoms with Crippen LogP contribution in [0, 0.1) is 5.92 Å². The molecule has 1 aromatic carbocycles. The van der Waals surface area contributed by atoms with Gasteiger partial charge in [-0.15, -0.1) is 0 Å². The van der Waals surface area contributed by atoms with Crippen LogP contribution in [0.25, 0.3) is 0 Å². The van der Waals surface area contributed by atoms with Gasteiger partial charge in [0.05, 0.1) is 18.7 Å². The number of anilines is 1. The number of ether oxygens (including phenoxy) is 1. The molecule has 1 saturated heterocycles. The summed E-state index contributed by atoms with van der Waals surface area (Å²) in [6.07, 6.45) is 0.0483. The molecule has 0 aromatic heterocycles. The molecule has 2 heterocycles. The van der Waals surface area contributed by atoms with Gasteiger partial charge in [-0.3, -0.25) is 0 Å². The molecule has 2 aliphatic rings. The Bertz CT molecular complexity index is 491. The SMILES string of the molecule is COCC1Nc2ccccc2[C@H]2C1CCN2C(=O)O. The lowest BCUT2D eigenvalue weighted by atomic mass is 9.83. The predicted molar refractivity (Wildman–Crippen MR) is 71.3 cm³/mol. The predicted octanol–water partition coefficient (Wildman–Crippen LogP) is 2.17. The lowest BCUT2D eigenvalue weighted by Crippen LogP contribution is -2.42. The van der Waals surface area contributed by atoms with Crippen LogP contribution in [-0.4, -0.2) is 42.4 Å². The van der Waals surface area contributed by atoms with Crippen LogP contribution < -0.4 is 5.32 Å². The van der Waals surface area contributed by atoms with Crippen LogP contribution in [0.3, 0.4) is 0 Å². The van der Waals surface area contributed by atoms with Crippen LogP contribution in [0.1, 0.15) is 18.0 Å². The Morgan fingerprint density at radius 1 is 1.53 bits per heavy atom. The monoisotopic (exact) mass is 262 g/mol. The van der Waals surface area contributed by atoms with Crippen molar-refractivity contribution in [3.05, 3.63) is 29.8 Å². The summed E-state index contributed by atoms with van der Waals surface area (Å²) in [4.78, 5) is 13.0. The number of carbonyl (C=O) groups is 1. The Hall–Kier alpha value is -1.75. The highest BCUT2D eigenvalue weighted by Gasteiger charge is 2.45. The van der Waals surface area contributed by atoms with Crippen molar-refractivity contribution in [1.29, 1.82) is 0 Å². The van der Waals surface area contributed by atoms with Crippen molar-refractivity contribution in [2.24, 2.45) is 5.92 Å². The van der Waals surface area contributed by atoms with E-state index in [4.69, 9.17) is 4.74 Å². The van der Waals surface area contributed by atoms with Gasteiger partial charge < -0.3 is 20.1 Å². The zero-order valence-corrected chi connectivity index (χ0v) is 10.9. The minimum atomic E-state index is -0.833. The second kappa shape index (κ2) is 4.74. The number of nitrogens with one attached hydrogen (secondary N) is 1. The summed E-state index contributed by atoms with van der Waals surface area (Å²) in [5.74, 6) is 0.283. The maximum atomic E-state index is 11.4. The highest BCUT2D eigenvalue weighted by atomic mass is 16.5. The maximum absolute atomic E-state index is 11.4. The van der Waals surface area contributed by atoms with E-state index >= 15 is 0 Å². The molecule has 1 fully saturated rings. The van der Waals surface area contributed by atoms with Crippen LogP contribution >= 0.6 is 0 Å². The zero-order valence-electron chi connectivity index (χ0n) is 10.9. The van der Waals surface area contributed by atoms with E-state index in [1.165, 1.54) is 0 Å². The quantitative estimate of drug-likeness (QED) is 0.857. The van der Waals surface area contributed by atoms with E-state index in [0.29, 0.717) is 13.2 Å². The molecule has 0 radical (unpaired) electrons. The first-order chi connectivity index (χ1) is 9.22. The molecule has 2 N–H and O–H groups in total. The number of hydrogen-bond acceptors (Lipinski definition) is 3. The number of nitrogens with zero attached hydrogens (tertiary/aromatic N) is 1. The van der Waals surface area contributed by atoms with Gasteiger partial charge in [0.15, 0.2) is 0 Å². The van der Waals surface area contributed by atoms with Crippen LogP contribution in [0.4, 0.5) is 10.5 Å². The topological polar surface area (TPSA) is 61.8 Å². The van der Waals surface area contributed by atoms with Gasteiger partial charge in [-0.25, -0.2) is 4.79 Å². The van der Waals surface area contributed by atoms with Gasteiger partial charge in [0.1, 0.15) is 0 Å². The van der Waals surface area contributed by atoms with Crippen LogP contribution in [0.15, 0.2) is 24.3 Å². The summed E-state index contributed by atoms with van der Waals surface area (Å²) >= 11 is 0. The number of rotatable bonds is 2. The molecule has 19 heavy (non-hydrogen) atoms. The Kier molecular flexibility index (Phi) is 3.06. The van der Waals surface area contributed by atoms with E-state index in [0.717, 1.165) is 17.7 Å². The summed E-state index contributed by atoms with van der Waals surface area (Å²) < 4.78 is 5.27. The average Bonchev–Trinajstić information content (AvgIpc) is 2.84. The van der Waals surface area contributed by atoms with Crippen LogP contribution in [0.2, 0.25) is 0 Å². The largest absolute Gasteiger partial charge is 0.465 e. The average molecular weight is 262 g/mol. The minimum Gasteiger partial charge on any atom is -0.465 e. The number of amides is 1. The minimum absolute atomic E-state index is 0.0462. The first-order valence-corrected chi connectivity index (χ1v) is 6.56. The number of hydrogen-bond donors (Lipinski definition) is 2. The molecule has 0 saturated carbocycles. The molecule has 2 aliphatic heterocycles. The van der Waals surface area contributed by atoms with E-state index in [1.807, 2.05) is 24.3 Å². The van der Waals surface area contributed by atoms with Gasteiger partial charge in [0.2, 0.25) is 0 Å². The highest BCUT2D eigenvalue weighted by molar-refractivity contribution is 5.68. The Balaban J connectivity index is 2.01. The molecular weight excluding hydrogens is 244 g/mol. The molecule has 102 valence electrons. The number of benzene rings is 1. The zero-order chi connectivity index (χ0) is 13.4. The van der Waals surface area contributed by atoms with Crippen molar-refractivity contribution in [3.8, 4) is 0 Å². The van der Waals surface area contributed by atoms with Gasteiger partial charge in [0, 0.05) is 25.3 Å². The Morgan fingerprint density at radius 2 is 2.32 bits per heavy atom. The molecular formula is C14H18N2O3. The van der Waals surface area contributed by atoms with Gasteiger partial charge in [0.25, 0.3) is 0 Å². The molecule has 2 unspecified atom stereocenters. The van der Waals surface area contributed by atoms with E-state index in [9.17, 15) is 9.90 Å². The summed E-state index contributed by atoms with van der Waals surface area (Å²) in [7, 11) is 1.68. The molecule has 0 bridgehead atoms. The number of carboxylic acid groups (broad SMARTS) is 1. The second-order valence-electron chi connectivity index (χ2n) is 5.17. The molecule has 5 nitrogen and oxygen atoms in total. The van der Waals surface area contributed by atoms with Crippen molar-refractivity contribution in [2.75, 3.05) is 25.6 Å². The standard InChI is InChI=1S/C14H18N2O3/c1-19-8-12-10-6-7-16(14(17)18)13(10)9-4-2-3-5-11(9)15-12/h2-5,10,12-13,15H,6-8H2,1H3,(H,17,18)/t10?,12?,13-/m0/s1. The summed E-state index contributed by atoms with van der Waals surface area (Å²) in [6, 6.07) is 8.09. The van der Waals surface area contributed by atoms with Gasteiger partial charge in [-0.1, -0.05) is 18.2 Å². The molecule has 1 aromatic rings. The first kappa shape index (κ1) is 12.3. The fourth-order valence-corrected chi connectivity index (χ4v) is 3.39. The van der Waals surface area contributed by atoms with Gasteiger partial charge in [-0.05, 0) is 18.1 Å². The second-order valence-corrected chi connectivity index (χ2v) is 5.17. The fourth-order valence-electron chi connectivity index (χ4n) is 3.39. The number of likely N-dealkylation sites (tertiary alicyclic amines) is 1. The summed E-state index contributed by atoms with van der Waals surface area (Å²) in [5, 5.41) is 12.9. The molecule has 0 aliphatic carbocycles. The number of methoxy groups -OCH3 is 1. The molecule has 3 rings (SSSR count).